The number of hydrogen-bond donors (Lipinski definition) is 2. The maximum Gasteiger partial charge on any atom is 0.222 e. The fourth-order valence-corrected chi connectivity index (χ4v) is 2.53. The molecule has 1 aliphatic heterocycles. The van der Waals surface area contributed by atoms with E-state index in [0.29, 0.717) is 6.42 Å². The maximum atomic E-state index is 11.7. The largest absolute Gasteiger partial charge is 0.383 e. The van der Waals surface area contributed by atoms with E-state index in [1.807, 2.05) is 11.8 Å². The monoisotopic (exact) mass is 455 g/mol. The molecular formula is C16H34IN5O2. The maximum absolute atomic E-state index is 11.7. The summed E-state index contributed by atoms with van der Waals surface area (Å²) in [4.78, 5) is 20.5. The summed E-state index contributed by atoms with van der Waals surface area (Å²) in [5.74, 6) is 1.07. The molecule has 1 fully saturated rings. The Morgan fingerprint density at radius 3 is 2.75 bits per heavy atom. The first kappa shape index (κ1) is 23.4. The van der Waals surface area contributed by atoms with Gasteiger partial charge in [0.1, 0.15) is 0 Å². The van der Waals surface area contributed by atoms with Gasteiger partial charge in [-0.3, -0.25) is 9.79 Å². The fourth-order valence-electron chi connectivity index (χ4n) is 2.53. The molecule has 0 saturated carbocycles. The van der Waals surface area contributed by atoms with Crippen LogP contribution in [0.5, 0.6) is 0 Å². The van der Waals surface area contributed by atoms with Gasteiger partial charge in [0, 0.05) is 52.3 Å². The van der Waals surface area contributed by atoms with Crippen LogP contribution in [0, 0.1) is 0 Å². The number of hydrogen-bond acceptors (Lipinski definition) is 4. The van der Waals surface area contributed by atoms with E-state index in [1.54, 1.807) is 7.11 Å². The highest BCUT2D eigenvalue weighted by Gasteiger charge is 2.25. The smallest absolute Gasteiger partial charge is 0.222 e. The zero-order valence-electron chi connectivity index (χ0n) is 15.5. The summed E-state index contributed by atoms with van der Waals surface area (Å²) < 4.78 is 5.07. The van der Waals surface area contributed by atoms with Crippen LogP contribution in [0.2, 0.25) is 0 Å². The molecule has 1 amide bonds. The third-order valence-corrected chi connectivity index (χ3v) is 3.96. The van der Waals surface area contributed by atoms with E-state index in [1.165, 1.54) is 0 Å². The third kappa shape index (κ3) is 9.03. The Hall–Kier alpha value is -0.610. The number of aliphatic imine (C=N–C) groups is 1. The molecule has 1 aliphatic rings. The quantitative estimate of drug-likeness (QED) is 0.305. The molecule has 1 heterocycles. The van der Waals surface area contributed by atoms with Gasteiger partial charge in [0.05, 0.1) is 13.2 Å². The van der Waals surface area contributed by atoms with Gasteiger partial charge in [-0.2, -0.15) is 0 Å². The molecule has 1 rings (SSSR count). The van der Waals surface area contributed by atoms with Crippen molar-refractivity contribution in [1.82, 2.24) is 20.4 Å². The van der Waals surface area contributed by atoms with Crippen LogP contribution in [-0.4, -0.2) is 87.7 Å². The third-order valence-electron chi connectivity index (χ3n) is 3.96. The van der Waals surface area contributed by atoms with E-state index in [4.69, 9.17) is 4.74 Å². The lowest BCUT2D eigenvalue weighted by Crippen LogP contribution is -2.45. The summed E-state index contributed by atoms with van der Waals surface area (Å²) in [7, 11) is 3.79. The number of carbonyl (C=O) groups excluding carboxylic acids is 1. The van der Waals surface area contributed by atoms with Crippen molar-refractivity contribution < 1.29 is 9.53 Å². The number of halogens is 1. The number of rotatable bonds is 9. The summed E-state index contributed by atoms with van der Waals surface area (Å²) in [6.07, 6.45) is 1.55. The van der Waals surface area contributed by atoms with Gasteiger partial charge in [-0.15, -0.1) is 24.0 Å². The molecule has 0 spiro atoms. The molecule has 142 valence electrons. The lowest BCUT2D eigenvalue weighted by molar-refractivity contribution is -0.129. The highest BCUT2D eigenvalue weighted by molar-refractivity contribution is 14.0. The standard InChI is InChI=1S/C16H33N5O2.HI/c1-5-15(22)21-9-7-14(13-21)19-16(17-6-2)18-8-10-20(3)11-12-23-4;/h14H,5-13H2,1-4H3,(H2,17,18,19);1H. The van der Waals surface area contributed by atoms with Crippen LogP contribution in [0.4, 0.5) is 0 Å². The number of likely N-dealkylation sites (tertiary alicyclic amines) is 1. The summed E-state index contributed by atoms with van der Waals surface area (Å²) in [5.41, 5.74) is 0. The van der Waals surface area contributed by atoms with E-state index >= 15 is 0 Å². The predicted molar refractivity (Wildman–Crippen MR) is 109 cm³/mol. The lowest BCUT2D eigenvalue weighted by atomic mass is 10.3. The van der Waals surface area contributed by atoms with Gasteiger partial charge >= 0.3 is 0 Å². The second-order valence-electron chi connectivity index (χ2n) is 5.88. The molecule has 0 aliphatic carbocycles. The number of guanidine groups is 1. The fraction of sp³-hybridized carbons (Fsp3) is 0.875. The summed E-state index contributed by atoms with van der Waals surface area (Å²) >= 11 is 0. The number of methoxy groups -OCH3 is 1. The number of likely N-dealkylation sites (N-methyl/N-ethyl adjacent to an activating group) is 1. The topological polar surface area (TPSA) is 69.2 Å². The normalized spacial score (nSPS) is 17.8. The van der Waals surface area contributed by atoms with Gasteiger partial charge < -0.3 is 25.2 Å². The number of ether oxygens (including phenoxy) is 1. The van der Waals surface area contributed by atoms with Gasteiger partial charge in [-0.25, -0.2) is 0 Å². The highest BCUT2D eigenvalue weighted by Crippen LogP contribution is 2.10. The molecule has 0 radical (unpaired) electrons. The molecule has 0 aromatic carbocycles. The Kier molecular flexibility index (Phi) is 13.3. The number of nitrogens with zero attached hydrogens (tertiary/aromatic N) is 3. The van der Waals surface area contributed by atoms with Gasteiger partial charge in [0.15, 0.2) is 5.96 Å². The minimum absolute atomic E-state index is 0. The first-order valence-corrected chi connectivity index (χ1v) is 8.60. The zero-order valence-corrected chi connectivity index (χ0v) is 17.8. The summed E-state index contributed by atoms with van der Waals surface area (Å²) in [6.45, 7) is 9.68. The number of nitrogens with one attached hydrogen (secondary N) is 2. The second-order valence-corrected chi connectivity index (χ2v) is 5.88. The molecule has 0 aromatic heterocycles. The van der Waals surface area contributed by atoms with Crippen LogP contribution in [0.1, 0.15) is 26.7 Å². The molecule has 7 nitrogen and oxygen atoms in total. The van der Waals surface area contributed by atoms with Crippen molar-refractivity contribution in [2.75, 3.05) is 60.0 Å². The lowest BCUT2D eigenvalue weighted by Gasteiger charge is -2.19. The van der Waals surface area contributed by atoms with Crippen LogP contribution < -0.4 is 10.6 Å². The SMILES string of the molecule is CCNC(=NCCN(C)CCOC)NC1CCN(C(=O)CC)C1.I. The molecule has 1 saturated heterocycles. The van der Waals surface area contributed by atoms with Gasteiger partial charge in [-0.1, -0.05) is 6.92 Å². The van der Waals surface area contributed by atoms with E-state index in [0.717, 1.165) is 58.3 Å². The average molecular weight is 455 g/mol. The van der Waals surface area contributed by atoms with Crippen molar-refractivity contribution in [3.05, 3.63) is 0 Å². The zero-order chi connectivity index (χ0) is 17.1. The van der Waals surface area contributed by atoms with Crippen molar-refractivity contribution >= 4 is 35.8 Å². The minimum Gasteiger partial charge on any atom is -0.383 e. The average Bonchev–Trinajstić information content (AvgIpc) is 3.00. The van der Waals surface area contributed by atoms with E-state index in [9.17, 15) is 4.79 Å². The van der Waals surface area contributed by atoms with E-state index in [-0.39, 0.29) is 35.9 Å². The Balaban J connectivity index is 0.00000529. The summed E-state index contributed by atoms with van der Waals surface area (Å²) in [5, 5.41) is 6.72. The first-order chi connectivity index (χ1) is 11.1. The van der Waals surface area contributed by atoms with E-state index in [2.05, 4.69) is 34.5 Å². The van der Waals surface area contributed by atoms with Crippen LogP contribution in [0.25, 0.3) is 0 Å². The molecule has 8 heteroatoms. The van der Waals surface area contributed by atoms with Gasteiger partial charge in [-0.05, 0) is 20.4 Å². The van der Waals surface area contributed by atoms with Crippen molar-refractivity contribution in [3.63, 3.8) is 0 Å². The van der Waals surface area contributed by atoms with Crippen molar-refractivity contribution in [1.29, 1.82) is 0 Å². The van der Waals surface area contributed by atoms with Crippen LogP contribution >= 0.6 is 24.0 Å². The Morgan fingerprint density at radius 1 is 1.38 bits per heavy atom. The van der Waals surface area contributed by atoms with Crippen molar-refractivity contribution in [2.45, 2.75) is 32.7 Å². The molecule has 24 heavy (non-hydrogen) atoms. The molecule has 1 atom stereocenters. The molecule has 0 bridgehead atoms. The molecular weight excluding hydrogens is 421 g/mol. The van der Waals surface area contributed by atoms with Crippen molar-refractivity contribution in [3.8, 4) is 0 Å². The van der Waals surface area contributed by atoms with Crippen LogP contribution in [0.15, 0.2) is 4.99 Å². The Bertz CT molecular complexity index is 381. The van der Waals surface area contributed by atoms with E-state index < -0.39 is 0 Å². The second kappa shape index (κ2) is 13.7. The Labute approximate surface area is 163 Å². The molecule has 1 unspecified atom stereocenters. The Morgan fingerprint density at radius 2 is 2.12 bits per heavy atom. The number of amides is 1. The van der Waals surface area contributed by atoms with Gasteiger partial charge in [0.25, 0.3) is 0 Å². The van der Waals surface area contributed by atoms with Crippen molar-refractivity contribution in [2.24, 2.45) is 4.99 Å². The van der Waals surface area contributed by atoms with Gasteiger partial charge in [0.2, 0.25) is 5.91 Å². The van der Waals surface area contributed by atoms with Crippen LogP contribution in [-0.2, 0) is 9.53 Å². The molecule has 2 N–H and O–H groups in total. The predicted octanol–water partition coefficient (Wildman–Crippen LogP) is 0.749. The molecule has 0 aromatic rings. The van der Waals surface area contributed by atoms with Crippen LogP contribution in [0.3, 0.4) is 0 Å². The first-order valence-electron chi connectivity index (χ1n) is 8.60. The minimum atomic E-state index is 0. The highest BCUT2D eigenvalue weighted by atomic mass is 127. The summed E-state index contributed by atoms with van der Waals surface area (Å²) in [6, 6.07) is 0.287. The number of carbonyl (C=O) groups is 1.